The highest BCUT2D eigenvalue weighted by Crippen LogP contribution is 2.05. The topological polar surface area (TPSA) is 52.6 Å². The Morgan fingerprint density at radius 2 is 2.06 bits per heavy atom. The molecule has 94 valence electrons. The molecule has 1 saturated heterocycles. The number of unbranched alkanes of at least 4 members (excludes halogenated alkanes) is 2. The molecule has 0 aliphatic carbocycles. The Hall–Kier alpha value is -0.450. The summed E-state index contributed by atoms with van der Waals surface area (Å²) < 4.78 is 0. The molecule has 1 heterocycles. The number of nitrogens with one attached hydrogen (secondary N) is 1. The Labute approximate surface area is 98.0 Å². The molecule has 0 aromatic heterocycles. The maximum atomic E-state index is 11.7. The highest BCUT2D eigenvalue weighted by molar-refractivity contribution is 5.84. The maximum Gasteiger partial charge on any atom is 0.175 e. The number of hydrogen-bond donors (Lipinski definition) is 2. The van der Waals surface area contributed by atoms with Gasteiger partial charge in [0, 0.05) is 26.2 Å². The first-order valence-corrected chi connectivity index (χ1v) is 6.38. The van der Waals surface area contributed by atoms with E-state index in [0.717, 1.165) is 45.4 Å². The van der Waals surface area contributed by atoms with Gasteiger partial charge in [0.05, 0.1) is 6.54 Å². The zero-order chi connectivity index (χ0) is 11.8. The average molecular weight is 228 g/mol. The summed E-state index contributed by atoms with van der Waals surface area (Å²) in [5.74, 6) is -0.0157. The van der Waals surface area contributed by atoms with Crippen LogP contribution in [0.5, 0.6) is 0 Å². The second-order valence-electron chi connectivity index (χ2n) is 4.50. The molecule has 0 radical (unpaired) electrons. The van der Waals surface area contributed by atoms with E-state index in [9.17, 15) is 9.90 Å². The third-order valence-electron chi connectivity index (χ3n) is 3.04. The Kier molecular flexibility index (Phi) is 6.61. The van der Waals surface area contributed by atoms with Crippen molar-refractivity contribution in [1.82, 2.24) is 10.2 Å². The summed E-state index contributed by atoms with van der Waals surface area (Å²) in [6.45, 7) is 6.24. The van der Waals surface area contributed by atoms with Crippen LogP contribution < -0.4 is 5.32 Å². The van der Waals surface area contributed by atoms with E-state index in [2.05, 4.69) is 17.1 Å². The first-order chi connectivity index (χ1) is 7.74. The van der Waals surface area contributed by atoms with Gasteiger partial charge in [-0.1, -0.05) is 26.2 Å². The van der Waals surface area contributed by atoms with Crippen molar-refractivity contribution in [2.75, 3.05) is 32.7 Å². The molecule has 4 heteroatoms. The van der Waals surface area contributed by atoms with Crippen LogP contribution in [0.1, 0.15) is 32.6 Å². The van der Waals surface area contributed by atoms with Crippen molar-refractivity contribution in [3.8, 4) is 0 Å². The van der Waals surface area contributed by atoms with E-state index >= 15 is 0 Å². The molecule has 1 aliphatic heterocycles. The number of aliphatic hydroxyl groups excluding tert-OH is 1. The van der Waals surface area contributed by atoms with Gasteiger partial charge in [-0.05, 0) is 6.42 Å². The highest BCUT2D eigenvalue weighted by atomic mass is 16.3. The summed E-state index contributed by atoms with van der Waals surface area (Å²) in [6, 6.07) is 0. The SMILES string of the molecule is CCCCC[C@@H](O)C(=O)CN1CCNCC1. The van der Waals surface area contributed by atoms with Gasteiger partial charge in [-0.25, -0.2) is 0 Å². The first kappa shape index (κ1) is 13.6. The minimum Gasteiger partial charge on any atom is -0.385 e. The van der Waals surface area contributed by atoms with Gasteiger partial charge in [-0.3, -0.25) is 9.69 Å². The maximum absolute atomic E-state index is 11.7. The van der Waals surface area contributed by atoms with Crippen LogP contribution in [0.4, 0.5) is 0 Å². The van der Waals surface area contributed by atoms with Crippen LogP contribution in [-0.4, -0.2) is 54.6 Å². The van der Waals surface area contributed by atoms with Crippen molar-refractivity contribution in [3.63, 3.8) is 0 Å². The molecule has 1 fully saturated rings. The third kappa shape index (κ3) is 5.05. The van der Waals surface area contributed by atoms with Gasteiger partial charge >= 0.3 is 0 Å². The van der Waals surface area contributed by atoms with Crippen LogP contribution in [0.15, 0.2) is 0 Å². The number of carbonyl (C=O) groups is 1. The lowest BCUT2D eigenvalue weighted by Gasteiger charge is -2.27. The molecular formula is C12H24N2O2. The fraction of sp³-hybridized carbons (Fsp3) is 0.917. The summed E-state index contributed by atoms with van der Waals surface area (Å²) in [5.41, 5.74) is 0. The normalized spacial score (nSPS) is 19.6. The summed E-state index contributed by atoms with van der Waals surface area (Å²) in [4.78, 5) is 13.8. The predicted molar refractivity (Wildman–Crippen MR) is 64.5 cm³/mol. The van der Waals surface area contributed by atoms with Crippen LogP contribution in [0.2, 0.25) is 0 Å². The van der Waals surface area contributed by atoms with Gasteiger partial charge in [-0.15, -0.1) is 0 Å². The highest BCUT2D eigenvalue weighted by Gasteiger charge is 2.19. The molecular weight excluding hydrogens is 204 g/mol. The molecule has 4 nitrogen and oxygen atoms in total. The van der Waals surface area contributed by atoms with Crippen molar-refractivity contribution in [2.24, 2.45) is 0 Å². The Bertz CT molecular complexity index is 203. The van der Waals surface area contributed by atoms with Crippen molar-refractivity contribution < 1.29 is 9.90 Å². The molecule has 0 aromatic rings. The number of hydrogen-bond acceptors (Lipinski definition) is 4. The van der Waals surface area contributed by atoms with E-state index in [-0.39, 0.29) is 5.78 Å². The molecule has 0 bridgehead atoms. The lowest BCUT2D eigenvalue weighted by atomic mass is 10.1. The van der Waals surface area contributed by atoms with Crippen LogP contribution in [-0.2, 0) is 4.79 Å². The Morgan fingerprint density at radius 1 is 1.38 bits per heavy atom. The van der Waals surface area contributed by atoms with Gasteiger partial charge in [0.15, 0.2) is 5.78 Å². The quantitative estimate of drug-likeness (QED) is 0.619. The molecule has 16 heavy (non-hydrogen) atoms. The summed E-state index contributed by atoms with van der Waals surface area (Å²) in [7, 11) is 0. The number of ketones is 1. The van der Waals surface area contributed by atoms with E-state index in [1.54, 1.807) is 0 Å². The monoisotopic (exact) mass is 228 g/mol. The van der Waals surface area contributed by atoms with Gasteiger partial charge in [0.2, 0.25) is 0 Å². The lowest BCUT2D eigenvalue weighted by Crippen LogP contribution is -2.47. The van der Waals surface area contributed by atoms with Crippen molar-refractivity contribution in [2.45, 2.75) is 38.7 Å². The Morgan fingerprint density at radius 3 is 2.69 bits per heavy atom. The van der Waals surface area contributed by atoms with E-state index in [1.807, 2.05) is 0 Å². The zero-order valence-electron chi connectivity index (χ0n) is 10.2. The van der Waals surface area contributed by atoms with Gasteiger partial charge in [-0.2, -0.15) is 0 Å². The van der Waals surface area contributed by atoms with Crippen molar-refractivity contribution in [1.29, 1.82) is 0 Å². The number of aliphatic hydroxyl groups is 1. The number of rotatable bonds is 7. The Balaban J connectivity index is 2.16. The van der Waals surface area contributed by atoms with E-state index in [0.29, 0.717) is 13.0 Å². The molecule has 0 saturated carbocycles. The van der Waals surface area contributed by atoms with E-state index in [1.165, 1.54) is 0 Å². The fourth-order valence-electron chi connectivity index (χ4n) is 1.94. The summed E-state index contributed by atoms with van der Waals surface area (Å²) in [5, 5.41) is 12.9. The number of Topliss-reactive ketones (excluding diaryl/α,β-unsaturated/α-hetero) is 1. The number of piperazine rings is 1. The third-order valence-corrected chi connectivity index (χ3v) is 3.04. The lowest BCUT2D eigenvalue weighted by molar-refractivity contribution is -0.128. The van der Waals surface area contributed by atoms with Crippen molar-refractivity contribution >= 4 is 5.78 Å². The van der Waals surface area contributed by atoms with Crippen molar-refractivity contribution in [3.05, 3.63) is 0 Å². The second-order valence-corrected chi connectivity index (χ2v) is 4.50. The predicted octanol–water partition coefficient (Wildman–Crippen LogP) is 0.402. The van der Waals surface area contributed by atoms with Gasteiger partial charge < -0.3 is 10.4 Å². The van der Waals surface area contributed by atoms with E-state index in [4.69, 9.17) is 0 Å². The number of carbonyl (C=O) groups excluding carboxylic acids is 1. The smallest absolute Gasteiger partial charge is 0.175 e. The van der Waals surface area contributed by atoms with Crippen LogP contribution in [0.25, 0.3) is 0 Å². The minimum absolute atomic E-state index is 0.0157. The standard InChI is InChI=1S/C12H24N2O2/c1-2-3-4-5-11(15)12(16)10-14-8-6-13-7-9-14/h11,13,15H,2-10H2,1H3/t11-/m1/s1. The molecule has 1 rings (SSSR count). The zero-order valence-corrected chi connectivity index (χ0v) is 10.2. The van der Waals surface area contributed by atoms with E-state index < -0.39 is 6.10 Å². The molecule has 2 N–H and O–H groups in total. The number of nitrogens with zero attached hydrogens (tertiary/aromatic N) is 1. The van der Waals surface area contributed by atoms with Crippen LogP contribution in [0, 0.1) is 0 Å². The summed E-state index contributed by atoms with van der Waals surface area (Å²) >= 11 is 0. The molecule has 0 spiro atoms. The van der Waals surface area contributed by atoms with Crippen LogP contribution >= 0.6 is 0 Å². The van der Waals surface area contributed by atoms with Crippen LogP contribution in [0.3, 0.4) is 0 Å². The largest absolute Gasteiger partial charge is 0.385 e. The van der Waals surface area contributed by atoms with Gasteiger partial charge in [0.1, 0.15) is 6.10 Å². The minimum atomic E-state index is -0.749. The first-order valence-electron chi connectivity index (χ1n) is 6.38. The summed E-state index contributed by atoms with van der Waals surface area (Å²) in [6.07, 6.45) is 3.04. The molecule has 1 atom stereocenters. The molecule has 0 amide bonds. The molecule has 0 unspecified atom stereocenters. The van der Waals surface area contributed by atoms with Gasteiger partial charge in [0.25, 0.3) is 0 Å². The molecule has 0 aromatic carbocycles. The fourth-order valence-corrected chi connectivity index (χ4v) is 1.94. The molecule has 1 aliphatic rings. The average Bonchev–Trinajstić information content (AvgIpc) is 2.30. The second kappa shape index (κ2) is 7.76.